The Bertz CT molecular complexity index is 666. The molecule has 0 saturated carbocycles. The lowest BCUT2D eigenvalue weighted by atomic mass is 10.2. The van der Waals surface area contributed by atoms with Crippen molar-refractivity contribution in [3.8, 4) is 0 Å². The van der Waals surface area contributed by atoms with Crippen LogP contribution in [-0.4, -0.2) is 84.9 Å². The van der Waals surface area contributed by atoms with Gasteiger partial charge in [0.2, 0.25) is 11.8 Å². The number of carbonyl (C=O) groups is 3. The van der Waals surface area contributed by atoms with E-state index in [-0.39, 0.29) is 18.4 Å². The Morgan fingerprint density at radius 1 is 0.897 bits per heavy atom. The zero-order chi connectivity index (χ0) is 20.5. The molecule has 4 amide bonds. The summed E-state index contributed by atoms with van der Waals surface area (Å²) in [6.45, 7) is 5.80. The molecule has 0 bridgehead atoms. The van der Waals surface area contributed by atoms with Gasteiger partial charge in [-0.1, -0.05) is 18.9 Å². The zero-order valence-electron chi connectivity index (χ0n) is 16.9. The molecule has 1 aromatic heterocycles. The van der Waals surface area contributed by atoms with Crippen LogP contribution in [-0.2, 0) is 16.1 Å². The minimum atomic E-state index is -0.468. The number of carbonyl (C=O) groups excluding carboxylic acids is 3. The average Bonchev–Trinajstić information content (AvgIpc) is 3.08. The van der Waals surface area contributed by atoms with Crippen molar-refractivity contribution in [1.29, 1.82) is 0 Å². The SMILES string of the molecule is O=C(CN1CCN(CC(=O)N2CCCCCC2)CC1)NC(=O)NCc1cccs1. The van der Waals surface area contributed by atoms with E-state index < -0.39 is 6.03 Å². The summed E-state index contributed by atoms with van der Waals surface area (Å²) in [4.78, 5) is 43.7. The smallest absolute Gasteiger partial charge is 0.321 e. The minimum Gasteiger partial charge on any atom is -0.342 e. The number of piperazine rings is 1. The Kier molecular flexibility index (Phi) is 8.45. The van der Waals surface area contributed by atoms with Crippen LogP contribution in [0.3, 0.4) is 0 Å². The predicted molar refractivity (Wildman–Crippen MR) is 113 cm³/mol. The molecule has 0 radical (unpaired) electrons. The van der Waals surface area contributed by atoms with Crippen molar-refractivity contribution in [1.82, 2.24) is 25.3 Å². The molecule has 2 aliphatic heterocycles. The Balaban J connectivity index is 1.31. The van der Waals surface area contributed by atoms with E-state index in [2.05, 4.69) is 15.5 Å². The van der Waals surface area contributed by atoms with Crippen molar-refractivity contribution < 1.29 is 14.4 Å². The first-order valence-electron chi connectivity index (χ1n) is 10.4. The first kappa shape index (κ1) is 21.7. The molecule has 3 heterocycles. The van der Waals surface area contributed by atoms with Gasteiger partial charge in [0.05, 0.1) is 19.6 Å². The molecule has 3 rings (SSSR count). The maximum atomic E-state index is 12.5. The van der Waals surface area contributed by atoms with Crippen LogP contribution in [0.2, 0.25) is 0 Å². The summed E-state index contributed by atoms with van der Waals surface area (Å²) in [6.07, 6.45) is 4.65. The normalized spacial score (nSPS) is 18.8. The van der Waals surface area contributed by atoms with Crippen molar-refractivity contribution in [3.05, 3.63) is 22.4 Å². The molecular weight excluding hydrogens is 390 g/mol. The van der Waals surface area contributed by atoms with E-state index in [9.17, 15) is 14.4 Å². The first-order chi connectivity index (χ1) is 14.1. The standard InChI is InChI=1S/C20H31N5O3S/c26-18(22-20(28)21-14-17-6-5-13-29-17)15-23-9-11-24(12-10-23)16-19(27)25-7-3-1-2-4-8-25/h5-6,13H,1-4,7-12,14-16H2,(H2,21,22,26,28). The van der Waals surface area contributed by atoms with Gasteiger partial charge in [-0.2, -0.15) is 0 Å². The van der Waals surface area contributed by atoms with Gasteiger partial charge in [-0.25, -0.2) is 4.79 Å². The van der Waals surface area contributed by atoms with Crippen molar-refractivity contribution in [3.63, 3.8) is 0 Å². The van der Waals surface area contributed by atoms with Crippen molar-refractivity contribution >= 4 is 29.2 Å². The highest BCUT2D eigenvalue weighted by molar-refractivity contribution is 7.09. The van der Waals surface area contributed by atoms with E-state index >= 15 is 0 Å². The molecule has 8 nitrogen and oxygen atoms in total. The van der Waals surface area contributed by atoms with Crippen LogP contribution in [0.1, 0.15) is 30.6 Å². The van der Waals surface area contributed by atoms with E-state index in [4.69, 9.17) is 0 Å². The predicted octanol–water partition coefficient (Wildman–Crippen LogP) is 1.09. The maximum Gasteiger partial charge on any atom is 0.321 e. The van der Waals surface area contributed by atoms with Crippen LogP contribution in [0.4, 0.5) is 4.79 Å². The monoisotopic (exact) mass is 421 g/mol. The molecule has 0 aliphatic carbocycles. The molecule has 2 fully saturated rings. The van der Waals surface area contributed by atoms with Gasteiger partial charge in [0, 0.05) is 44.1 Å². The lowest BCUT2D eigenvalue weighted by molar-refractivity contribution is -0.133. The highest BCUT2D eigenvalue weighted by Crippen LogP contribution is 2.11. The van der Waals surface area contributed by atoms with Crippen LogP contribution in [0.5, 0.6) is 0 Å². The number of imide groups is 1. The number of nitrogens with zero attached hydrogens (tertiary/aromatic N) is 3. The molecule has 0 unspecified atom stereocenters. The van der Waals surface area contributed by atoms with Crippen LogP contribution in [0, 0.1) is 0 Å². The second-order valence-electron chi connectivity index (χ2n) is 7.66. The van der Waals surface area contributed by atoms with E-state index in [0.29, 0.717) is 13.1 Å². The third-order valence-corrected chi connectivity index (χ3v) is 6.28. The maximum absolute atomic E-state index is 12.5. The number of thiophene rings is 1. The largest absolute Gasteiger partial charge is 0.342 e. The molecule has 0 spiro atoms. The molecule has 160 valence electrons. The summed E-state index contributed by atoms with van der Waals surface area (Å²) in [5.41, 5.74) is 0. The quantitative estimate of drug-likeness (QED) is 0.718. The summed E-state index contributed by atoms with van der Waals surface area (Å²) in [5, 5.41) is 7.02. The number of rotatable bonds is 6. The average molecular weight is 422 g/mol. The highest BCUT2D eigenvalue weighted by atomic mass is 32.1. The second kappa shape index (κ2) is 11.3. The zero-order valence-corrected chi connectivity index (χ0v) is 17.7. The van der Waals surface area contributed by atoms with Gasteiger partial charge in [0.15, 0.2) is 0 Å². The number of amides is 4. The van der Waals surface area contributed by atoms with Crippen molar-refractivity contribution in [2.75, 3.05) is 52.4 Å². The van der Waals surface area contributed by atoms with Crippen molar-refractivity contribution in [2.45, 2.75) is 32.2 Å². The Labute approximate surface area is 176 Å². The number of urea groups is 1. The third-order valence-electron chi connectivity index (χ3n) is 5.41. The Hall–Kier alpha value is -1.97. The minimum absolute atomic E-state index is 0.195. The summed E-state index contributed by atoms with van der Waals surface area (Å²) in [6, 6.07) is 3.39. The third kappa shape index (κ3) is 7.41. The lowest BCUT2D eigenvalue weighted by Gasteiger charge is -2.34. The molecule has 29 heavy (non-hydrogen) atoms. The topological polar surface area (TPSA) is 85.0 Å². The Morgan fingerprint density at radius 2 is 1.55 bits per heavy atom. The van der Waals surface area contributed by atoms with Gasteiger partial charge in [-0.15, -0.1) is 11.3 Å². The number of hydrogen-bond acceptors (Lipinski definition) is 6. The van der Waals surface area contributed by atoms with Crippen molar-refractivity contribution in [2.24, 2.45) is 0 Å². The fourth-order valence-electron chi connectivity index (χ4n) is 3.71. The van der Waals surface area contributed by atoms with Gasteiger partial charge in [0.25, 0.3) is 0 Å². The molecule has 0 atom stereocenters. The summed E-state index contributed by atoms with van der Waals surface area (Å²) in [7, 11) is 0. The Morgan fingerprint density at radius 3 is 2.17 bits per heavy atom. The molecule has 0 aromatic carbocycles. The van der Waals surface area contributed by atoms with Crippen LogP contribution in [0.25, 0.3) is 0 Å². The van der Waals surface area contributed by atoms with E-state index in [0.717, 1.165) is 57.0 Å². The van der Waals surface area contributed by atoms with E-state index in [1.54, 1.807) is 11.3 Å². The number of likely N-dealkylation sites (tertiary alicyclic amines) is 1. The summed E-state index contributed by atoms with van der Waals surface area (Å²) in [5.74, 6) is -0.0803. The van der Waals surface area contributed by atoms with Crippen LogP contribution >= 0.6 is 11.3 Å². The van der Waals surface area contributed by atoms with E-state index in [1.807, 2.05) is 27.3 Å². The molecule has 1 aromatic rings. The van der Waals surface area contributed by atoms with Gasteiger partial charge < -0.3 is 10.2 Å². The number of nitrogens with one attached hydrogen (secondary N) is 2. The van der Waals surface area contributed by atoms with Crippen LogP contribution in [0.15, 0.2) is 17.5 Å². The summed E-state index contributed by atoms with van der Waals surface area (Å²) < 4.78 is 0. The lowest BCUT2D eigenvalue weighted by Crippen LogP contribution is -2.52. The highest BCUT2D eigenvalue weighted by Gasteiger charge is 2.23. The first-order valence-corrected chi connectivity index (χ1v) is 11.3. The van der Waals surface area contributed by atoms with Gasteiger partial charge in [-0.05, 0) is 24.3 Å². The molecule has 2 saturated heterocycles. The molecular formula is C20H31N5O3S. The van der Waals surface area contributed by atoms with Gasteiger partial charge in [0.1, 0.15) is 0 Å². The molecule has 9 heteroatoms. The van der Waals surface area contributed by atoms with Gasteiger partial charge in [-0.3, -0.25) is 24.7 Å². The summed E-state index contributed by atoms with van der Waals surface area (Å²) >= 11 is 1.56. The number of hydrogen-bond donors (Lipinski definition) is 2. The second-order valence-corrected chi connectivity index (χ2v) is 8.69. The van der Waals surface area contributed by atoms with Crippen LogP contribution < -0.4 is 10.6 Å². The van der Waals surface area contributed by atoms with E-state index in [1.165, 1.54) is 12.8 Å². The molecule has 2 N–H and O–H groups in total. The fraction of sp³-hybridized carbons (Fsp3) is 0.650. The fourth-order valence-corrected chi connectivity index (χ4v) is 4.36. The van der Waals surface area contributed by atoms with Gasteiger partial charge >= 0.3 is 6.03 Å². The molecule has 2 aliphatic rings.